The van der Waals surface area contributed by atoms with E-state index in [9.17, 15) is 0 Å². The summed E-state index contributed by atoms with van der Waals surface area (Å²) in [5.74, 6) is 1.52. The van der Waals surface area contributed by atoms with E-state index in [2.05, 4.69) is 33.2 Å². The van der Waals surface area contributed by atoms with Gasteiger partial charge in [0.2, 0.25) is 5.95 Å². The lowest BCUT2D eigenvalue weighted by atomic mass is 10.2. The van der Waals surface area contributed by atoms with Gasteiger partial charge in [0.05, 0.1) is 12.0 Å². The first-order valence-corrected chi connectivity index (χ1v) is 6.34. The van der Waals surface area contributed by atoms with E-state index in [0.717, 1.165) is 24.6 Å². The second-order valence-electron chi connectivity index (χ2n) is 4.29. The molecule has 1 N–H and O–H groups in total. The van der Waals surface area contributed by atoms with Crippen molar-refractivity contribution >= 4 is 11.8 Å². The van der Waals surface area contributed by atoms with Crippen LogP contribution in [0.1, 0.15) is 26.5 Å². The fourth-order valence-corrected chi connectivity index (χ4v) is 1.71. The van der Waals surface area contributed by atoms with Crippen LogP contribution >= 0.6 is 0 Å². The highest BCUT2D eigenvalue weighted by atomic mass is 15.2. The van der Waals surface area contributed by atoms with Crippen molar-refractivity contribution in [2.24, 2.45) is 5.92 Å². The summed E-state index contributed by atoms with van der Waals surface area (Å²) < 4.78 is 0. The van der Waals surface area contributed by atoms with E-state index in [0.29, 0.717) is 12.5 Å². The average molecular weight is 247 g/mol. The molecule has 0 saturated heterocycles. The zero-order chi connectivity index (χ0) is 13.5. The molecular weight excluding hydrogens is 226 g/mol. The van der Waals surface area contributed by atoms with Crippen molar-refractivity contribution in [3.05, 3.63) is 11.8 Å². The highest BCUT2D eigenvalue weighted by Crippen LogP contribution is 2.16. The Bertz CT molecular complexity index is 424. The third kappa shape index (κ3) is 3.88. The Labute approximate surface area is 109 Å². The van der Waals surface area contributed by atoms with Crippen LogP contribution in [0.25, 0.3) is 0 Å². The van der Waals surface area contributed by atoms with Crippen molar-refractivity contribution in [2.45, 2.75) is 27.7 Å². The molecule has 0 amide bonds. The number of nitriles is 1. The molecule has 18 heavy (non-hydrogen) atoms. The summed E-state index contributed by atoms with van der Waals surface area (Å²) in [4.78, 5) is 10.9. The quantitative estimate of drug-likeness (QED) is 0.835. The molecule has 1 unspecified atom stereocenters. The van der Waals surface area contributed by atoms with Crippen LogP contribution in [0.5, 0.6) is 0 Å². The minimum atomic E-state index is -0.0113. The minimum Gasteiger partial charge on any atom is -0.355 e. The summed E-state index contributed by atoms with van der Waals surface area (Å²) in [6.07, 6.45) is 0. The van der Waals surface area contributed by atoms with E-state index in [1.54, 1.807) is 0 Å². The highest BCUT2D eigenvalue weighted by Gasteiger charge is 2.12. The first-order valence-electron chi connectivity index (χ1n) is 6.34. The molecule has 1 heterocycles. The molecule has 0 aliphatic rings. The van der Waals surface area contributed by atoms with Gasteiger partial charge in [0.1, 0.15) is 5.82 Å². The summed E-state index contributed by atoms with van der Waals surface area (Å²) in [7, 11) is 0. The van der Waals surface area contributed by atoms with Gasteiger partial charge in [-0.15, -0.1) is 0 Å². The predicted molar refractivity (Wildman–Crippen MR) is 73.6 cm³/mol. The van der Waals surface area contributed by atoms with Gasteiger partial charge >= 0.3 is 0 Å². The monoisotopic (exact) mass is 247 g/mol. The SMILES string of the molecule is CCNc1nc(C)cc(N(CC)CC(C)C#N)n1. The first kappa shape index (κ1) is 14.2. The fourth-order valence-electron chi connectivity index (χ4n) is 1.71. The normalized spacial score (nSPS) is 11.7. The number of rotatable bonds is 6. The van der Waals surface area contributed by atoms with Gasteiger partial charge in [-0.25, -0.2) is 4.98 Å². The van der Waals surface area contributed by atoms with Crippen molar-refractivity contribution in [1.82, 2.24) is 9.97 Å². The van der Waals surface area contributed by atoms with Crippen LogP contribution in [0.15, 0.2) is 6.07 Å². The molecule has 0 bridgehead atoms. The summed E-state index contributed by atoms with van der Waals surface area (Å²) in [5.41, 5.74) is 0.930. The number of aromatic nitrogens is 2. The summed E-state index contributed by atoms with van der Waals surface area (Å²) >= 11 is 0. The van der Waals surface area contributed by atoms with Gasteiger partial charge in [-0.3, -0.25) is 0 Å². The third-order valence-corrected chi connectivity index (χ3v) is 2.60. The Balaban J connectivity index is 2.94. The molecule has 1 atom stereocenters. The smallest absolute Gasteiger partial charge is 0.224 e. The molecule has 0 saturated carbocycles. The topological polar surface area (TPSA) is 64.8 Å². The molecule has 1 aromatic heterocycles. The van der Waals surface area contributed by atoms with Crippen LogP contribution < -0.4 is 10.2 Å². The van der Waals surface area contributed by atoms with Crippen LogP contribution in [0.3, 0.4) is 0 Å². The van der Waals surface area contributed by atoms with Gasteiger partial charge < -0.3 is 10.2 Å². The molecule has 1 aromatic rings. The van der Waals surface area contributed by atoms with Crippen molar-refractivity contribution in [1.29, 1.82) is 5.26 Å². The second kappa shape index (κ2) is 6.80. The number of aryl methyl sites for hydroxylation is 1. The fraction of sp³-hybridized carbons (Fsp3) is 0.615. The van der Waals surface area contributed by atoms with Gasteiger partial charge in [0.25, 0.3) is 0 Å². The molecule has 1 rings (SSSR count). The minimum absolute atomic E-state index is 0.0113. The van der Waals surface area contributed by atoms with E-state index in [1.807, 2.05) is 26.8 Å². The lowest BCUT2D eigenvalue weighted by Crippen LogP contribution is -2.29. The molecule has 0 aliphatic carbocycles. The largest absolute Gasteiger partial charge is 0.355 e. The van der Waals surface area contributed by atoms with Crippen LogP contribution in [-0.2, 0) is 0 Å². The summed E-state index contributed by atoms with van der Waals surface area (Å²) in [6, 6.07) is 4.21. The Kier molecular flexibility index (Phi) is 5.37. The number of anilines is 2. The van der Waals surface area contributed by atoms with Crippen molar-refractivity contribution in [3.8, 4) is 6.07 Å². The molecule has 98 valence electrons. The van der Waals surface area contributed by atoms with Gasteiger partial charge in [-0.1, -0.05) is 0 Å². The van der Waals surface area contributed by atoms with Crippen molar-refractivity contribution < 1.29 is 0 Å². The number of hydrogen-bond donors (Lipinski definition) is 1. The van der Waals surface area contributed by atoms with E-state index < -0.39 is 0 Å². The van der Waals surface area contributed by atoms with Crippen LogP contribution in [-0.4, -0.2) is 29.6 Å². The highest BCUT2D eigenvalue weighted by molar-refractivity contribution is 5.44. The standard InChI is InChI=1S/C13H21N5/c1-5-15-13-16-11(4)7-12(17-13)18(6-2)9-10(3)8-14/h7,10H,5-6,9H2,1-4H3,(H,15,16,17). The van der Waals surface area contributed by atoms with E-state index in [-0.39, 0.29) is 5.92 Å². The maximum atomic E-state index is 8.90. The maximum absolute atomic E-state index is 8.90. The zero-order valence-corrected chi connectivity index (χ0v) is 11.6. The van der Waals surface area contributed by atoms with E-state index in [1.165, 1.54) is 0 Å². The first-order chi connectivity index (χ1) is 8.60. The van der Waals surface area contributed by atoms with E-state index >= 15 is 0 Å². The third-order valence-electron chi connectivity index (χ3n) is 2.60. The Hall–Kier alpha value is -1.83. The molecular formula is C13H21N5. The number of nitrogens with one attached hydrogen (secondary N) is 1. The van der Waals surface area contributed by atoms with Crippen molar-refractivity contribution in [2.75, 3.05) is 29.9 Å². The lowest BCUT2D eigenvalue weighted by molar-refractivity contribution is 0.678. The molecule has 0 spiro atoms. The average Bonchev–Trinajstić information content (AvgIpc) is 2.35. The molecule has 0 radical (unpaired) electrons. The predicted octanol–water partition coefficient (Wildman–Crippen LogP) is 2.20. The Morgan fingerprint density at radius 2 is 2.17 bits per heavy atom. The van der Waals surface area contributed by atoms with Gasteiger partial charge in [0, 0.05) is 31.4 Å². The molecule has 0 fully saturated rings. The van der Waals surface area contributed by atoms with Gasteiger partial charge in [0.15, 0.2) is 0 Å². The van der Waals surface area contributed by atoms with Crippen LogP contribution in [0.4, 0.5) is 11.8 Å². The maximum Gasteiger partial charge on any atom is 0.224 e. The van der Waals surface area contributed by atoms with Crippen molar-refractivity contribution in [3.63, 3.8) is 0 Å². The zero-order valence-electron chi connectivity index (χ0n) is 11.6. The molecule has 0 aromatic carbocycles. The number of hydrogen-bond acceptors (Lipinski definition) is 5. The Morgan fingerprint density at radius 1 is 1.44 bits per heavy atom. The summed E-state index contributed by atoms with van der Waals surface area (Å²) in [6.45, 7) is 10.3. The second-order valence-corrected chi connectivity index (χ2v) is 4.29. The van der Waals surface area contributed by atoms with Gasteiger partial charge in [-0.2, -0.15) is 10.2 Å². The number of nitrogens with zero attached hydrogens (tertiary/aromatic N) is 4. The molecule has 0 aliphatic heterocycles. The Morgan fingerprint density at radius 3 is 2.72 bits per heavy atom. The van der Waals surface area contributed by atoms with Crippen LogP contribution in [0.2, 0.25) is 0 Å². The lowest BCUT2D eigenvalue weighted by Gasteiger charge is -2.23. The van der Waals surface area contributed by atoms with Gasteiger partial charge in [-0.05, 0) is 27.7 Å². The van der Waals surface area contributed by atoms with Crippen LogP contribution in [0, 0.1) is 24.2 Å². The molecule has 5 nitrogen and oxygen atoms in total. The van der Waals surface area contributed by atoms with E-state index in [4.69, 9.17) is 5.26 Å². The molecule has 5 heteroatoms. The summed E-state index contributed by atoms with van der Waals surface area (Å²) in [5, 5.41) is 12.0.